The minimum absolute atomic E-state index is 0.324. The van der Waals surface area contributed by atoms with Gasteiger partial charge in [-0.05, 0) is 24.1 Å². The molecule has 108 valence electrons. The molecule has 0 aliphatic carbocycles. The number of aliphatic hydroxyl groups is 1. The van der Waals surface area contributed by atoms with Gasteiger partial charge in [-0.15, -0.1) is 0 Å². The van der Waals surface area contributed by atoms with Gasteiger partial charge in [0.05, 0.1) is 25.9 Å². The number of nitrogens with one attached hydrogen (secondary N) is 1. The first-order valence-corrected chi connectivity index (χ1v) is 6.83. The molecule has 0 fully saturated rings. The molecule has 4 heteroatoms. The number of ether oxygens (including phenoxy) is 2. The summed E-state index contributed by atoms with van der Waals surface area (Å²) in [5.41, 5.74) is 2.37. The monoisotopic (exact) mass is 267 g/mol. The van der Waals surface area contributed by atoms with Gasteiger partial charge < -0.3 is 19.9 Å². The third-order valence-corrected chi connectivity index (χ3v) is 2.78. The second-order valence-corrected chi connectivity index (χ2v) is 4.55. The SMILES string of the molecule is CCCc1ccc(NCC(O)COCCOC)cc1. The van der Waals surface area contributed by atoms with Gasteiger partial charge in [-0.1, -0.05) is 25.5 Å². The lowest BCUT2D eigenvalue weighted by molar-refractivity contribution is 0.0182. The first-order valence-electron chi connectivity index (χ1n) is 6.83. The highest BCUT2D eigenvalue weighted by atomic mass is 16.5. The van der Waals surface area contributed by atoms with Crippen LogP contribution in [0.15, 0.2) is 24.3 Å². The number of hydrogen-bond acceptors (Lipinski definition) is 4. The third-order valence-electron chi connectivity index (χ3n) is 2.78. The summed E-state index contributed by atoms with van der Waals surface area (Å²) in [4.78, 5) is 0. The largest absolute Gasteiger partial charge is 0.389 e. The van der Waals surface area contributed by atoms with E-state index in [1.807, 2.05) is 12.1 Å². The molecule has 0 radical (unpaired) electrons. The molecule has 0 bridgehead atoms. The van der Waals surface area contributed by atoms with E-state index < -0.39 is 6.10 Å². The van der Waals surface area contributed by atoms with Crippen molar-refractivity contribution < 1.29 is 14.6 Å². The molecule has 0 saturated carbocycles. The molecule has 0 aliphatic rings. The normalized spacial score (nSPS) is 12.4. The van der Waals surface area contributed by atoms with E-state index in [1.54, 1.807) is 7.11 Å². The Labute approximate surface area is 115 Å². The average Bonchev–Trinajstić information content (AvgIpc) is 2.43. The fraction of sp³-hybridized carbons (Fsp3) is 0.600. The molecule has 0 aromatic heterocycles. The van der Waals surface area contributed by atoms with Crippen molar-refractivity contribution in [3.05, 3.63) is 29.8 Å². The highest BCUT2D eigenvalue weighted by molar-refractivity contribution is 5.44. The molecule has 0 saturated heterocycles. The summed E-state index contributed by atoms with van der Waals surface area (Å²) in [5.74, 6) is 0. The quantitative estimate of drug-likeness (QED) is 0.637. The molecular weight excluding hydrogens is 242 g/mol. The molecule has 1 unspecified atom stereocenters. The minimum Gasteiger partial charge on any atom is -0.389 e. The van der Waals surface area contributed by atoms with Crippen molar-refractivity contribution in [3.8, 4) is 0 Å². The lowest BCUT2D eigenvalue weighted by Gasteiger charge is -2.13. The minimum atomic E-state index is -0.507. The lowest BCUT2D eigenvalue weighted by atomic mass is 10.1. The first-order chi connectivity index (χ1) is 9.26. The lowest BCUT2D eigenvalue weighted by Crippen LogP contribution is -2.25. The van der Waals surface area contributed by atoms with E-state index in [1.165, 1.54) is 5.56 Å². The van der Waals surface area contributed by atoms with Crippen LogP contribution in [0, 0.1) is 0 Å². The van der Waals surface area contributed by atoms with E-state index in [0.717, 1.165) is 18.5 Å². The van der Waals surface area contributed by atoms with E-state index in [4.69, 9.17) is 9.47 Å². The van der Waals surface area contributed by atoms with E-state index >= 15 is 0 Å². The van der Waals surface area contributed by atoms with Crippen molar-refractivity contribution >= 4 is 5.69 Å². The molecule has 1 aromatic carbocycles. The van der Waals surface area contributed by atoms with Crippen LogP contribution in [0.3, 0.4) is 0 Å². The van der Waals surface area contributed by atoms with Crippen LogP contribution in [0.1, 0.15) is 18.9 Å². The predicted octanol–water partition coefficient (Wildman–Crippen LogP) is 2.07. The fourth-order valence-corrected chi connectivity index (χ4v) is 1.73. The number of hydrogen-bond donors (Lipinski definition) is 2. The zero-order chi connectivity index (χ0) is 13.9. The maximum atomic E-state index is 9.72. The number of rotatable bonds is 10. The van der Waals surface area contributed by atoms with Crippen molar-refractivity contribution in [1.29, 1.82) is 0 Å². The average molecular weight is 267 g/mol. The zero-order valence-corrected chi connectivity index (χ0v) is 11.9. The highest BCUT2D eigenvalue weighted by Gasteiger charge is 2.04. The fourth-order valence-electron chi connectivity index (χ4n) is 1.73. The molecule has 0 spiro atoms. The maximum Gasteiger partial charge on any atom is 0.0945 e. The Morgan fingerprint density at radius 3 is 2.58 bits per heavy atom. The van der Waals surface area contributed by atoms with Crippen molar-refractivity contribution in [1.82, 2.24) is 0 Å². The molecule has 4 nitrogen and oxygen atoms in total. The van der Waals surface area contributed by atoms with Crippen LogP contribution in [0.2, 0.25) is 0 Å². The molecule has 0 heterocycles. The van der Waals surface area contributed by atoms with Gasteiger partial charge in [-0.25, -0.2) is 0 Å². The van der Waals surface area contributed by atoms with Gasteiger partial charge in [-0.3, -0.25) is 0 Å². The molecule has 19 heavy (non-hydrogen) atoms. The topological polar surface area (TPSA) is 50.7 Å². The van der Waals surface area contributed by atoms with E-state index in [2.05, 4.69) is 24.4 Å². The highest BCUT2D eigenvalue weighted by Crippen LogP contribution is 2.10. The second-order valence-electron chi connectivity index (χ2n) is 4.55. The predicted molar refractivity (Wildman–Crippen MR) is 77.6 cm³/mol. The summed E-state index contributed by atoms with van der Waals surface area (Å²) in [6.45, 7) is 4.05. The first kappa shape index (κ1) is 16.0. The van der Waals surface area contributed by atoms with Crippen LogP contribution < -0.4 is 5.32 Å². The summed E-state index contributed by atoms with van der Waals surface area (Å²) < 4.78 is 10.1. The van der Waals surface area contributed by atoms with Gasteiger partial charge in [0.15, 0.2) is 0 Å². The molecule has 0 aliphatic heterocycles. The van der Waals surface area contributed by atoms with Crippen LogP contribution in [-0.2, 0) is 15.9 Å². The molecule has 1 aromatic rings. The summed E-state index contributed by atoms with van der Waals surface area (Å²) in [5, 5.41) is 12.9. The summed E-state index contributed by atoms with van der Waals surface area (Å²) in [7, 11) is 1.63. The van der Waals surface area contributed by atoms with E-state index in [9.17, 15) is 5.11 Å². The molecule has 1 atom stereocenters. The van der Waals surface area contributed by atoms with E-state index in [-0.39, 0.29) is 0 Å². The van der Waals surface area contributed by atoms with Gasteiger partial charge in [-0.2, -0.15) is 0 Å². The van der Waals surface area contributed by atoms with Crippen LogP contribution in [0.5, 0.6) is 0 Å². The molecule has 1 rings (SSSR count). The standard InChI is InChI=1S/C15H25NO3/c1-3-4-13-5-7-14(8-6-13)16-11-15(17)12-19-10-9-18-2/h5-8,15-17H,3-4,9-12H2,1-2H3. The van der Waals surface area contributed by atoms with Gasteiger partial charge in [0.1, 0.15) is 0 Å². The van der Waals surface area contributed by atoms with Crippen LogP contribution in [-0.4, -0.2) is 44.7 Å². The molecule has 2 N–H and O–H groups in total. The summed E-state index contributed by atoms with van der Waals surface area (Å²) in [6.07, 6.45) is 1.76. The maximum absolute atomic E-state index is 9.72. The number of methoxy groups -OCH3 is 1. The Morgan fingerprint density at radius 2 is 1.95 bits per heavy atom. The van der Waals surface area contributed by atoms with Gasteiger partial charge >= 0.3 is 0 Å². The van der Waals surface area contributed by atoms with Crippen molar-refractivity contribution in [2.24, 2.45) is 0 Å². The zero-order valence-electron chi connectivity index (χ0n) is 11.9. The van der Waals surface area contributed by atoms with Crippen LogP contribution in [0.4, 0.5) is 5.69 Å². The summed E-state index contributed by atoms with van der Waals surface area (Å²) in [6, 6.07) is 8.33. The smallest absolute Gasteiger partial charge is 0.0945 e. The number of anilines is 1. The molecule has 0 amide bonds. The number of aliphatic hydroxyl groups excluding tert-OH is 1. The van der Waals surface area contributed by atoms with Crippen LogP contribution in [0.25, 0.3) is 0 Å². The Bertz CT molecular complexity index is 327. The number of aryl methyl sites for hydroxylation is 1. The third kappa shape index (κ3) is 7.15. The van der Waals surface area contributed by atoms with E-state index in [0.29, 0.717) is 26.4 Å². The summed E-state index contributed by atoms with van der Waals surface area (Å²) >= 11 is 0. The van der Waals surface area contributed by atoms with Crippen LogP contribution >= 0.6 is 0 Å². The van der Waals surface area contributed by atoms with Crippen molar-refractivity contribution in [2.45, 2.75) is 25.9 Å². The Hall–Kier alpha value is -1.10. The Balaban J connectivity index is 2.20. The van der Waals surface area contributed by atoms with Crippen molar-refractivity contribution in [2.75, 3.05) is 38.8 Å². The molecular formula is C15H25NO3. The Morgan fingerprint density at radius 1 is 1.21 bits per heavy atom. The number of benzene rings is 1. The van der Waals surface area contributed by atoms with Gasteiger partial charge in [0, 0.05) is 19.3 Å². The second kappa shape index (κ2) is 9.78. The van der Waals surface area contributed by atoms with Crippen molar-refractivity contribution in [3.63, 3.8) is 0 Å². The van der Waals surface area contributed by atoms with Gasteiger partial charge in [0.2, 0.25) is 0 Å². The Kier molecular flexibility index (Phi) is 8.21. The van der Waals surface area contributed by atoms with Gasteiger partial charge in [0.25, 0.3) is 0 Å².